The highest BCUT2D eigenvalue weighted by Crippen LogP contribution is 2.21. The molecular formula is C19H16N4O2. The van der Waals surface area contributed by atoms with Gasteiger partial charge in [0.15, 0.2) is 0 Å². The zero-order chi connectivity index (χ0) is 17.6. The highest BCUT2D eigenvalue weighted by molar-refractivity contribution is 6.07. The van der Waals surface area contributed by atoms with E-state index in [1.807, 2.05) is 30.3 Å². The Morgan fingerprint density at radius 1 is 0.880 bits per heavy atom. The molecule has 0 aliphatic rings. The second-order valence-corrected chi connectivity index (χ2v) is 5.36. The summed E-state index contributed by atoms with van der Waals surface area (Å²) in [4.78, 5) is 31.8. The van der Waals surface area contributed by atoms with E-state index in [0.29, 0.717) is 22.6 Å². The van der Waals surface area contributed by atoms with Gasteiger partial charge in [-0.3, -0.25) is 9.59 Å². The summed E-state index contributed by atoms with van der Waals surface area (Å²) in [6, 6.07) is 16.3. The first-order chi connectivity index (χ1) is 12.1. The Morgan fingerprint density at radius 3 is 2.16 bits per heavy atom. The molecule has 2 aromatic carbocycles. The molecule has 6 nitrogen and oxygen atoms in total. The number of benzene rings is 2. The van der Waals surface area contributed by atoms with Gasteiger partial charge in [0.05, 0.1) is 11.3 Å². The van der Waals surface area contributed by atoms with Crippen molar-refractivity contribution >= 4 is 23.2 Å². The number of aromatic nitrogens is 2. The van der Waals surface area contributed by atoms with Crippen LogP contribution in [0, 0.1) is 0 Å². The van der Waals surface area contributed by atoms with Gasteiger partial charge in [-0.2, -0.15) is 0 Å². The molecule has 0 aliphatic heterocycles. The van der Waals surface area contributed by atoms with Crippen LogP contribution in [0.1, 0.15) is 17.3 Å². The second-order valence-electron chi connectivity index (χ2n) is 5.36. The quantitative estimate of drug-likeness (QED) is 0.767. The minimum absolute atomic E-state index is 0.147. The molecule has 3 aromatic rings. The summed E-state index contributed by atoms with van der Waals surface area (Å²) >= 11 is 0. The fourth-order valence-corrected chi connectivity index (χ4v) is 2.36. The average Bonchev–Trinajstić information content (AvgIpc) is 2.63. The Kier molecular flexibility index (Phi) is 4.80. The van der Waals surface area contributed by atoms with Crippen LogP contribution in [0.3, 0.4) is 0 Å². The van der Waals surface area contributed by atoms with Crippen LogP contribution in [0.5, 0.6) is 0 Å². The van der Waals surface area contributed by atoms with Crippen LogP contribution < -0.4 is 10.6 Å². The number of amides is 2. The van der Waals surface area contributed by atoms with Crippen LogP contribution in [-0.2, 0) is 4.79 Å². The summed E-state index contributed by atoms with van der Waals surface area (Å²) in [7, 11) is 0. The van der Waals surface area contributed by atoms with E-state index in [2.05, 4.69) is 20.6 Å². The van der Waals surface area contributed by atoms with Gasteiger partial charge in [-0.15, -0.1) is 0 Å². The molecule has 0 saturated carbocycles. The van der Waals surface area contributed by atoms with Gasteiger partial charge in [0.2, 0.25) is 5.91 Å². The topological polar surface area (TPSA) is 84.0 Å². The number of hydrogen-bond donors (Lipinski definition) is 2. The minimum atomic E-state index is -0.299. The lowest BCUT2D eigenvalue weighted by Gasteiger charge is -2.10. The maximum absolute atomic E-state index is 12.6. The number of carbonyl (C=O) groups is 2. The lowest BCUT2D eigenvalue weighted by molar-refractivity contribution is -0.114. The van der Waals surface area contributed by atoms with Crippen molar-refractivity contribution in [1.82, 2.24) is 9.97 Å². The van der Waals surface area contributed by atoms with Gasteiger partial charge in [-0.1, -0.05) is 30.3 Å². The predicted octanol–water partition coefficient (Wildman–Crippen LogP) is 3.35. The fraction of sp³-hybridized carbons (Fsp3) is 0.0526. The molecule has 0 aliphatic carbocycles. The van der Waals surface area contributed by atoms with Crippen LogP contribution in [-0.4, -0.2) is 21.8 Å². The van der Waals surface area contributed by atoms with E-state index < -0.39 is 0 Å². The first-order valence-electron chi connectivity index (χ1n) is 7.68. The Morgan fingerprint density at radius 2 is 1.52 bits per heavy atom. The smallest absolute Gasteiger partial charge is 0.259 e. The molecule has 2 amide bonds. The van der Waals surface area contributed by atoms with Gasteiger partial charge in [-0.05, 0) is 24.3 Å². The molecule has 0 bridgehead atoms. The molecule has 1 aromatic heterocycles. The van der Waals surface area contributed by atoms with Gasteiger partial charge >= 0.3 is 0 Å². The monoisotopic (exact) mass is 332 g/mol. The van der Waals surface area contributed by atoms with E-state index in [0.717, 1.165) is 5.56 Å². The van der Waals surface area contributed by atoms with E-state index in [9.17, 15) is 9.59 Å². The van der Waals surface area contributed by atoms with Crippen LogP contribution in [0.4, 0.5) is 11.4 Å². The molecule has 0 saturated heterocycles. The lowest BCUT2D eigenvalue weighted by Crippen LogP contribution is -2.14. The Labute approximate surface area is 145 Å². The predicted molar refractivity (Wildman–Crippen MR) is 96.2 cm³/mol. The van der Waals surface area contributed by atoms with E-state index in [1.54, 1.807) is 24.3 Å². The molecule has 2 N–H and O–H groups in total. The highest BCUT2D eigenvalue weighted by atomic mass is 16.2. The number of anilines is 2. The van der Waals surface area contributed by atoms with Crippen LogP contribution in [0.25, 0.3) is 11.3 Å². The molecule has 0 atom stereocenters. The molecular weight excluding hydrogens is 316 g/mol. The molecule has 124 valence electrons. The van der Waals surface area contributed by atoms with Gasteiger partial charge in [0, 0.05) is 30.1 Å². The van der Waals surface area contributed by atoms with Crippen molar-refractivity contribution in [2.75, 3.05) is 10.6 Å². The minimum Gasteiger partial charge on any atom is -0.326 e. The number of carbonyl (C=O) groups excluding carboxylic acids is 2. The highest BCUT2D eigenvalue weighted by Gasteiger charge is 2.14. The first kappa shape index (κ1) is 16.3. The van der Waals surface area contributed by atoms with Crippen LogP contribution in [0.2, 0.25) is 0 Å². The van der Waals surface area contributed by atoms with Gasteiger partial charge in [-0.25, -0.2) is 9.97 Å². The third-order valence-electron chi connectivity index (χ3n) is 3.47. The lowest BCUT2D eigenvalue weighted by atomic mass is 10.1. The molecule has 0 unspecified atom stereocenters. The van der Waals surface area contributed by atoms with Crippen molar-refractivity contribution in [3.8, 4) is 11.3 Å². The maximum atomic E-state index is 12.6. The van der Waals surface area contributed by atoms with Crippen molar-refractivity contribution < 1.29 is 9.59 Å². The van der Waals surface area contributed by atoms with Crippen molar-refractivity contribution in [3.63, 3.8) is 0 Å². The third-order valence-corrected chi connectivity index (χ3v) is 3.47. The average molecular weight is 332 g/mol. The second kappa shape index (κ2) is 7.35. The zero-order valence-corrected chi connectivity index (χ0v) is 13.6. The number of nitrogens with zero attached hydrogens (tertiary/aromatic N) is 2. The van der Waals surface area contributed by atoms with Crippen LogP contribution >= 0.6 is 0 Å². The number of rotatable bonds is 4. The molecule has 0 radical (unpaired) electrons. The van der Waals surface area contributed by atoms with E-state index in [4.69, 9.17) is 0 Å². The van der Waals surface area contributed by atoms with Crippen molar-refractivity contribution in [3.05, 3.63) is 72.7 Å². The van der Waals surface area contributed by atoms with Crippen molar-refractivity contribution in [2.24, 2.45) is 0 Å². The molecule has 0 fully saturated rings. The standard InChI is InChI=1S/C19H16N4O2/c1-13(24)22-15-7-9-16(10-8-15)23-19(25)17-11-20-12-21-18(17)14-5-3-2-4-6-14/h2-12H,1H3,(H,22,24)(H,23,25). The summed E-state index contributed by atoms with van der Waals surface area (Å²) in [5.41, 5.74) is 3.08. The van der Waals surface area contributed by atoms with Crippen molar-refractivity contribution in [2.45, 2.75) is 6.92 Å². The van der Waals surface area contributed by atoms with E-state index in [1.165, 1.54) is 19.4 Å². The zero-order valence-electron chi connectivity index (χ0n) is 13.6. The molecule has 1 heterocycles. The summed E-state index contributed by atoms with van der Waals surface area (Å²) in [6.07, 6.45) is 2.91. The fourth-order valence-electron chi connectivity index (χ4n) is 2.36. The largest absolute Gasteiger partial charge is 0.326 e. The third kappa shape index (κ3) is 4.06. The summed E-state index contributed by atoms with van der Waals surface area (Å²) in [5.74, 6) is -0.447. The van der Waals surface area contributed by atoms with E-state index in [-0.39, 0.29) is 11.8 Å². The molecule has 3 rings (SSSR count). The SMILES string of the molecule is CC(=O)Nc1ccc(NC(=O)c2cncnc2-c2ccccc2)cc1. The molecule has 25 heavy (non-hydrogen) atoms. The normalized spacial score (nSPS) is 10.1. The first-order valence-corrected chi connectivity index (χ1v) is 7.68. The summed E-state index contributed by atoms with van der Waals surface area (Å²) < 4.78 is 0. The molecule has 0 spiro atoms. The molecule has 6 heteroatoms. The Hall–Kier alpha value is -3.54. The summed E-state index contributed by atoms with van der Waals surface area (Å²) in [6.45, 7) is 1.44. The summed E-state index contributed by atoms with van der Waals surface area (Å²) in [5, 5.41) is 5.49. The number of nitrogens with one attached hydrogen (secondary N) is 2. The van der Waals surface area contributed by atoms with Gasteiger partial charge in [0.25, 0.3) is 5.91 Å². The Bertz CT molecular complexity index is 893. The van der Waals surface area contributed by atoms with Gasteiger partial charge < -0.3 is 10.6 Å². The van der Waals surface area contributed by atoms with Gasteiger partial charge in [0.1, 0.15) is 6.33 Å². The van der Waals surface area contributed by atoms with Crippen LogP contribution in [0.15, 0.2) is 67.1 Å². The maximum Gasteiger partial charge on any atom is 0.259 e. The van der Waals surface area contributed by atoms with E-state index >= 15 is 0 Å². The van der Waals surface area contributed by atoms with Crippen molar-refractivity contribution in [1.29, 1.82) is 0 Å². The number of hydrogen-bond acceptors (Lipinski definition) is 4. The Balaban J connectivity index is 1.81.